The summed E-state index contributed by atoms with van der Waals surface area (Å²) in [6.07, 6.45) is 3.56. The molecule has 1 aliphatic heterocycles. The summed E-state index contributed by atoms with van der Waals surface area (Å²) in [5.41, 5.74) is 2.98. The van der Waals surface area contributed by atoms with E-state index in [4.69, 9.17) is 9.15 Å². The second-order valence-corrected chi connectivity index (χ2v) is 9.72. The number of aromatic nitrogens is 5. The van der Waals surface area contributed by atoms with Gasteiger partial charge < -0.3 is 14.1 Å². The number of para-hydroxylation sites is 2. The SMILES string of the molecule is COc1ccccc1-n1c(SC(C)c2nnc(-c3cccc(C)c3)o2)nnc1N1CCCCC1. The molecule has 2 aromatic carbocycles. The van der Waals surface area contributed by atoms with Gasteiger partial charge in [0.1, 0.15) is 5.75 Å². The Morgan fingerprint density at radius 2 is 1.79 bits per heavy atom. The molecule has 8 nitrogen and oxygen atoms in total. The number of benzene rings is 2. The van der Waals surface area contributed by atoms with Crippen LogP contribution in [0, 0.1) is 6.92 Å². The van der Waals surface area contributed by atoms with Crippen LogP contribution in [0.5, 0.6) is 5.75 Å². The highest BCUT2D eigenvalue weighted by molar-refractivity contribution is 7.99. The summed E-state index contributed by atoms with van der Waals surface area (Å²) in [4.78, 5) is 2.31. The Morgan fingerprint density at radius 1 is 0.971 bits per heavy atom. The van der Waals surface area contributed by atoms with Crippen molar-refractivity contribution in [2.45, 2.75) is 43.5 Å². The number of ether oxygens (including phenoxy) is 1. The lowest BCUT2D eigenvalue weighted by Gasteiger charge is -2.28. The van der Waals surface area contributed by atoms with Gasteiger partial charge in [-0.25, -0.2) is 0 Å². The van der Waals surface area contributed by atoms with Crippen LogP contribution >= 0.6 is 11.8 Å². The zero-order valence-corrected chi connectivity index (χ0v) is 20.5. The number of thioether (sulfide) groups is 1. The van der Waals surface area contributed by atoms with Gasteiger partial charge in [-0.2, -0.15) is 0 Å². The van der Waals surface area contributed by atoms with Gasteiger partial charge in [-0.1, -0.05) is 41.6 Å². The standard InChI is InChI=1S/C25H28N6O2S/c1-17-10-9-11-19(16-17)23-27-26-22(33-23)18(2)34-25-29-28-24(30-14-7-4-8-15-30)31(25)20-12-5-6-13-21(20)32-3/h5-6,9-13,16,18H,4,7-8,14-15H2,1-3H3. The molecule has 0 saturated carbocycles. The quantitative estimate of drug-likeness (QED) is 0.324. The van der Waals surface area contributed by atoms with Crippen LogP contribution in [0.4, 0.5) is 5.95 Å². The zero-order chi connectivity index (χ0) is 23.5. The first kappa shape index (κ1) is 22.5. The molecule has 0 amide bonds. The lowest BCUT2D eigenvalue weighted by atomic mass is 10.1. The number of nitrogens with zero attached hydrogens (tertiary/aromatic N) is 6. The Morgan fingerprint density at radius 3 is 2.59 bits per heavy atom. The third kappa shape index (κ3) is 4.52. The van der Waals surface area contributed by atoms with Crippen molar-refractivity contribution >= 4 is 17.7 Å². The number of piperidine rings is 1. The fourth-order valence-corrected chi connectivity index (χ4v) is 5.05. The van der Waals surface area contributed by atoms with Gasteiger partial charge in [0, 0.05) is 18.7 Å². The molecule has 2 aromatic heterocycles. The minimum Gasteiger partial charge on any atom is -0.495 e. The molecule has 0 aliphatic carbocycles. The molecule has 3 heterocycles. The molecular weight excluding hydrogens is 448 g/mol. The Bertz CT molecular complexity index is 1260. The van der Waals surface area contributed by atoms with Crippen LogP contribution in [0.1, 0.15) is 42.9 Å². The van der Waals surface area contributed by atoms with Gasteiger partial charge in [-0.3, -0.25) is 4.57 Å². The van der Waals surface area contributed by atoms with E-state index in [9.17, 15) is 0 Å². The molecule has 0 spiro atoms. The largest absolute Gasteiger partial charge is 0.495 e. The van der Waals surface area contributed by atoms with Crippen molar-refractivity contribution in [1.29, 1.82) is 0 Å². The predicted molar refractivity (Wildman–Crippen MR) is 133 cm³/mol. The fraction of sp³-hybridized carbons (Fsp3) is 0.360. The molecule has 1 unspecified atom stereocenters. The van der Waals surface area contributed by atoms with Gasteiger partial charge in [0.15, 0.2) is 5.16 Å². The molecule has 0 bridgehead atoms. The highest BCUT2D eigenvalue weighted by atomic mass is 32.2. The van der Waals surface area contributed by atoms with Crippen molar-refractivity contribution in [2.24, 2.45) is 0 Å². The lowest BCUT2D eigenvalue weighted by molar-refractivity contribution is 0.412. The maximum atomic E-state index is 6.04. The zero-order valence-electron chi connectivity index (χ0n) is 19.6. The molecule has 4 aromatic rings. The Kier molecular flexibility index (Phi) is 6.53. The van der Waals surface area contributed by atoms with Crippen LogP contribution < -0.4 is 9.64 Å². The fourth-order valence-electron chi connectivity index (χ4n) is 4.16. The second-order valence-electron chi connectivity index (χ2n) is 8.41. The first-order valence-electron chi connectivity index (χ1n) is 11.5. The number of hydrogen-bond donors (Lipinski definition) is 0. The molecule has 9 heteroatoms. The Hall–Kier alpha value is -3.33. The highest BCUT2D eigenvalue weighted by Crippen LogP contribution is 2.39. The monoisotopic (exact) mass is 476 g/mol. The Labute approximate surface area is 203 Å². The van der Waals surface area contributed by atoms with E-state index in [1.165, 1.54) is 6.42 Å². The normalized spacial score (nSPS) is 14.9. The van der Waals surface area contributed by atoms with Crippen LogP contribution in [0.25, 0.3) is 17.1 Å². The second kappa shape index (κ2) is 9.89. The van der Waals surface area contributed by atoms with E-state index in [0.29, 0.717) is 11.8 Å². The lowest BCUT2D eigenvalue weighted by Crippen LogP contribution is -2.31. The maximum Gasteiger partial charge on any atom is 0.247 e. The summed E-state index contributed by atoms with van der Waals surface area (Å²) in [5, 5.41) is 18.4. The third-order valence-corrected chi connectivity index (χ3v) is 6.95. The van der Waals surface area contributed by atoms with Crippen molar-refractivity contribution < 1.29 is 9.15 Å². The number of methoxy groups -OCH3 is 1. The van der Waals surface area contributed by atoms with E-state index in [1.54, 1.807) is 18.9 Å². The maximum absolute atomic E-state index is 6.04. The highest BCUT2D eigenvalue weighted by Gasteiger charge is 2.26. The van der Waals surface area contributed by atoms with Crippen LogP contribution in [-0.2, 0) is 0 Å². The van der Waals surface area contributed by atoms with Crippen LogP contribution in [0.3, 0.4) is 0 Å². The van der Waals surface area contributed by atoms with E-state index < -0.39 is 0 Å². The van der Waals surface area contributed by atoms with E-state index in [-0.39, 0.29) is 5.25 Å². The van der Waals surface area contributed by atoms with Crippen LogP contribution in [0.15, 0.2) is 58.1 Å². The number of anilines is 1. The minimum absolute atomic E-state index is 0.113. The molecule has 1 saturated heterocycles. The summed E-state index contributed by atoms with van der Waals surface area (Å²) in [6, 6.07) is 16.0. The number of hydrogen-bond acceptors (Lipinski definition) is 8. The topological polar surface area (TPSA) is 82.1 Å². The van der Waals surface area contributed by atoms with Gasteiger partial charge in [-0.15, -0.1) is 20.4 Å². The first-order chi connectivity index (χ1) is 16.6. The summed E-state index contributed by atoms with van der Waals surface area (Å²) in [6.45, 7) is 6.03. The molecule has 0 N–H and O–H groups in total. The summed E-state index contributed by atoms with van der Waals surface area (Å²) >= 11 is 1.54. The average molecular weight is 477 g/mol. The smallest absolute Gasteiger partial charge is 0.247 e. The molecule has 176 valence electrons. The van der Waals surface area contributed by atoms with E-state index >= 15 is 0 Å². The third-order valence-electron chi connectivity index (χ3n) is 5.92. The molecule has 1 fully saturated rings. The summed E-state index contributed by atoms with van der Waals surface area (Å²) in [5.74, 6) is 2.68. The van der Waals surface area contributed by atoms with Gasteiger partial charge in [0.25, 0.3) is 0 Å². The molecular formula is C25H28N6O2S. The molecule has 5 rings (SSSR count). The van der Waals surface area contributed by atoms with Crippen molar-refractivity contribution in [1.82, 2.24) is 25.0 Å². The average Bonchev–Trinajstić information content (AvgIpc) is 3.52. The summed E-state index contributed by atoms with van der Waals surface area (Å²) in [7, 11) is 1.68. The van der Waals surface area contributed by atoms with Crippen molar-refractivity contribution in [2.75, 3.05) is 25.1 Å². The van der Waals surface area contributed by atoms with Gasteiger partial charge >= 0.3 is 0 Å². The number of aryl methyl sites for hydroxylation is 1. The minimum atomic E-state index is -0.113. The van der Waals surface area contributed by atoms with Crippen molar-refractivity contribution in [3.63, 3.8) is 0 Å². The molecule has 1 atom stereocenters. The summed E-state index contributed by atoms with van der Waals surface area (Å²) < 4.78 is 13.8. The van der Waals surface area contributed by atoms with E-state index in [1.807, 2.05) is 62.4 Å². The van der Waals surface area contributed by atoms with Crippen molar-refractivity contribution in [3.8, 4) is 22.9 Å². The van der Waals surface area contributed by atoms with Crippen molar-refractivity contribution in [3.05, 3.63) is 60.0 Å². The van der Waals surface area contributed by atoms with Crippen LogP contribution in [0.2, 0.25) is 0 Å². The first-order valence-corrected chi connectivity index (χ1v) is 12.4. The van der Waals surface area contributed by atoms with Gasteiger partial charge in [0.2, 0.25) is 17.7 Å². The van der Waals surface area contributed by atoms with Crippen LogP contribution in [-0.4, -0.2) is 45.2 Å². The molecule has 1 aliphatic rings. The molecule has 34 heavy (non-hydrogen) atoms. The van der Waals surface area contributed by atoms with Gasteiger partial charge in [0.05, 0.1) is 18.0 Å². The van der Waals surface area contributed by atoms with Gasteiger partial charge in [-0.05, 0) is 57.4 Å². The Balaban J connectivity index is 1.47. The predicted octanol–water partition coefficient (Wildman–Crippen LogP) is 5.48. The number of rotatable bonds is 7. The van der Waals surface area contributed by atoms with E-state index in [0.717, 1.165) is 59.6 Å². The molecule has 0 radical (unpaired) electrons. The van der Waals surface area contributed by atoms with E-state index in [2.05, 4.69) is 29.9 Å².